The van der Waals surface area contributed by atoms with Crippen LogP contribution in [0.5, 0.6) is 0 Å². The van der Waals surface area contributed by atoms with Gasteiger partial charge in [-0.05, 0) is 40.2 Å². The molecule has 18 heavy (non-hydrogen) atoms. The summed E-state index contributed by atoms with van der Waals surface area (Å²) in [6.45, 7) is 3.89. The summed E-state index contributed by atoms with van der Waals surface area (Å²) in [5, 5.41) is 8.78. The molecular formula is C11H21F3N2O2. The maximum atomic E-state index is 12.3. The minimum atomic E-state index is -4.25. The number of carboxylic acids is 1. The van der Waals surface area contributed by atoms with E-state index >= 15 is 0 Å². The van der Waals surface area contributed by atoms with Crippen molar-refractivity contribution in [3.8, 4) is 0 Å². The lowest BCUT2D eigenvalue weighted by Crippen LogP contribution is -2.46. The van der Waals surface area contributed by atoms with Gasteiger partial charge in [0.25, 0.3) is 0 Å². The van der Waals surface area contributed by atoms with Gasteiger partial charge in [0.15, 0.2) is 0 Å². The lowest BCUT2D eigenvalue weighted by atomic mass is 9.97. The molecule has 0 radical (unpaired) electrons. The molecular weight excluding hydrogens is 249 g/mol. The Morgan fingerprint density at radius 3 is 2.22 bits per heavy atom. The summed E-state index contributed by atoms with van der Waals surface area (Å²) in [4.78, 5) is 12.0. The molecule has 0 saturated carbocycles. The van der Waals surface area contributed by atoms with E-state index in [1.807, 2.05) is 0 Å². The number of carboxylic acid groups (broad SMARTS) is 1. The summed E-state index contributed by atoms with van der Waals surface area (Å²) < 4.78 is 36.9. The van der Waals surface area contributed by atoms with Gasteiger partial charge in [0.05, 0.1) is 6.54 Å². The van der Waals surface area contributed by atoms with E-state index < -0.39 is 24.2 Å². The first kappa shape index (κ1) is 17.2. The van der Waals surface area contributed by atoms with Crippen LogP contribution in [0.3, 0.4) is 0 Å². The van der Waals surface area contributed by atoms with Crippen LogP contribution >= 0.6 is 0 Å². The second kappa shape index (κ2) is 6.38. The Morgan fingerprint density at radius 1 is 1.39 bits per heavy atom. The van der Waals surface area contributed by atoms with Gasteiger partial charge in [0.2, 0.25) is 0 Å². The zero-order chi connectivity index (χ0) is 14.6. The van der Waals surface area contributed by atoms with Crippen LogP contribution < -0.4 is 5.73 Å². The predicted molar refractivity (Wildman–Crippen MR) is 62.2 cm³/mol. The van der Waals surface area contributed by atoms with Crippen molar-refractivity contribution >= 4 is 5.97 Å². The van der Waals surface area contributed by atoms with Gasteiger partial charge in [0.1, 0.15) is 5.54 Å². The van der Waals surface area contributed by atoms with Crippen molar-refractivity contribution in [1.82, 2.24) is 4.90 Å². The van der Waals surface area contributed by atoms with E-state index in [0.29, 0.717) is 6.42 Å². The number of carbonyl (C=O) groups is 1. The van der Waals surface area contributed by atoms with Gasteiger partial charge in [-0.1, -0.05) is 0 Å². The number of rotatable bonds is 7. The lowest BCUT2D eigenvalue weighted by Gasteiger charge is -2.28. The number of nitrogens with two attached hydrogens (primary N) is 1. The molecule has 0 aromatic carbocycles. The number of aliphatic carboxylic acids is 1. The van der Waals surface area contributed by atoms with Crippen LogP contribution in [0.25, 0.3) is 0 Å². The first-order valence-corrected chi connectivity index (χ1v) is 5.79. The van der Waals surface area contributed by atoms with Gasteiger partial charge in [-0.15, -0.1) is 0 Å². The van der Waals surface area contributed by atoms with Crippen molar-refractivity contribution < 1.29 is 23.1 Å². The first-order chi connectivity index (χ1) is 7.96. The SMILES string of the molecule is CC(C)N(CCCC(C)(N)C(=O)O)CC(F)(F)F. The van der Waals surface area contributed by atoms with Crippen LogP contribution in [-0.4, -0.2) is 46.8 Å². The Hall–Kier alpha value is -0.820. The van der Waals surface area contributed by atoms with E-state index in [1.54, 1.807) is 13.8 Å². The molecule has 7 heteroatoms. The Balaban J connectivity index is 4.26. The molecule has 0 aliphatic rings. The topological polar surface area (TPSA) is 66.6 Å². The van der Waals surface area contributed by atoms with Crippen LogP contribution in [0.15, 0.2) is 0 Å². The van der Waals surface area contributed by atoms with Gasteiger partial charge in [-0.25, -0.2) is 0 Å². The van der Waals surface area contributed by atoms with Crippen molar-refractivity contribution in [2.75, 3.05) is 13.1 Å². The van der Waals surface area contributed by atoms with Crippen LogP contribution in [0.1, 0.15) is 33.6 Å². The fraction of sp³-hybridized carbons (Fsp3) is 0.909. The van der Waals surface area contributed by atoms with Crippen LogP contribution in [0.2, 0.25) is 0 Å². The van der Waals surface area contributed by atoms with Crippen molar-refractivity contribution in [2.45, 2.75) is 51.4 Å². The van der Waals surface area contributed by atoms with Crippen molar-refractivity contribution in [1.29, 1.82) is 0 Å². The maximum Gasteiger partial charge on any atom is 0.401 e. The van der Waals surface area contributed by atoms with Crippen molar-refractivity contribution in [3.05, 3.63) is 0 Å². The van der Waals surface area contributed by atoms with Crippen LogP contribution in [0, 0.1) is 0 Å². The highest BCUT2D eigenvalue weighted by Gasteiger charge is 2.32. The lowest BCUT2D eigenvalue weighted by molar-refractivity contribution is -0.150. The molecule has 0 saturated heterocycles. The van der Waals surface area contributed by atoms with Crippen LogP contribution in [0.4, 0.5) is 13.2 Å². The quantitative estimate of drug-likeness (QED) is 0.741. The van der Waals surface area contributed by atoms with E-state index in [1.165, 1.54) is 11.8 Å². The molecule has 0 bridgehead atoms. The molecule has 108 valence electrons. The van der Waals surface area contributed by atoms with Crippen molar-refractivity contribution in [2.24, 2.45) is 5.73 Å². The third kappa shape index (κ3) is 6.80. The smallest absolute Gasteiger partial charge is 0.401 e. The molecule has 0 fully saturated rings. The Labute approximate surface area is 105 Å². The summed E-state index contributed by atoms with van der Waals surface area (Å²) >= 11 is 0. The summed E-state index contributed by atoms with van der Waals surface area (Å²) in [7, 11) is 0. The highest BCUT2D eigenvalue weighted by atomic mass is 19.4. The molecule has 0 aliphatic carbocycles. The van der Waals surface area contributed by atoms with E-state index in [9.17, 15) is 18.0 Å². The first-order valence-electron chi connectivity index (χ1n) is 5.79. The summed E-state index contributed by atoms with van der Waals surface area (Å²) in [6, 6.07) is -0.250. The average molecular weight is 270 g/mol. The predicted octanol–water partition coefficient (Wildman–Crippen LogP) is 1.84. The molecule has 1 unspecified atom stereocenters. The normalized spacial score (nSPS) is 16.1. The molecule has 0 aliphatic heterocycles. The molecule has 4 nitrogen and oxygen atoms in total. The largest absolute Gasteiger partial charge is 0.480 e. The molecule has 3 N–H and O–H groups in total. The summed E-state index contributed by atoms with van der Waals surface area (Å²) in [5.74, 6) is -1.14. The van der Waals surface area contributed by atoms with Gasteiger partial charge in [0, 0.05) is 6.04 Å². The van der Waals surface area contributed by atoms with E-state index in [0.717, 1.165) is 0 Å². The standard InChI is InChI=1S/C11H21F3N2O2/c1-8(2)16(7-11(12,13)14)6-4-5-10(3,15)9(17)18/h8H,4-7,15H2,1-3H3,(H,17,18). The number of hydrogen-bond donors (Lipinski definition) is 2. The summed E-state index contributed by atoms with van der Waals surface area (Å²) in [6.07, 6.45) is -3.79. The Morgan fingerprint density at radius 2 is 1.89 bits per heavy atom. The highest BCUT2D eigenvalue weighted by molar-refractivity contribution is 5.77. The number of hydrogen-bond acceptors (Lipinski definition) is 3. The second-order valence-electron chi connectivity index (χ2n) is 5.01. The van der Waals surface area contributed by atoms with E-state index in [-0.39, 0.29) is 19.0 Å². The van der Waals surface area contributed by atoms with Gasteiger partial charge >= 0.3 is 12.1 Å². The third-order valence-electron chi connectivity index (χ3n) is 2.74. The molecule has 0 aromatic heterocycles. The number of alkyl halides is 3. The highest BCUT2D eigenvalue weighted by Crippen LogP contribution is 2.19. The number of nitrogens with zero attached hydrogens (tertiary/aromatic N) is 1. The monoisotopic (exact) mass is 270 g/mol. The molecule has 0 rings (SSSR count). The average Bonchev–Trinajstić information content (AvgIpc) is 2.13. The third-order valence-corrected chi connectivity index (χ3v) is 2.74. The van der Waals surface area contributed by atoms with Crippen LogP contribution in [-0.2, 0) is 4.79 Å². The second-order valence-corrected chi connectivity index (χ2v) is 5.01. The van der Waals surface area contributed by atoms with E-state index in [2.05, 4.69) is 0 Å². The Bertz CT molecular complexity index is 278. The zero-order valence-electron chi connectivity index (χ0n) is 10.9. The van der Waals surface area contributed by atoms with Gasteiger partial charge in [-0.2, -0.15) is 13.2 Å². The van der Waals surface area contributed by atoms with Gasteiger partial charge in [-0.3, -0.25) is 9.69 Å². The fourth-order valence-electron chi connectivity index (χ4n) is 1.51. The van der Waals surface area contributed by atoms with Crippen molar-refractivity contribution in [3.63, 3.8) is 0 Å². The molecule has 1 atom stereocenters. The number of halogens is 3. The minimum absolute atomic E-state index is 0.142. The Kier molecular flexibility index (Phi) is 6.09. The van der Waals surface area contributed by atoms with Gasteiger partial charge < -0.3 is 10.8 Å². The molecule has 0 heterocycles. The fourth-order valence-corrected chi connectivity index (χ4v) is 1.51. The maximum absolute atomic E-state index is 12.3. The molecule has 0 spiro atoms. The van der Waals surface area contributed by atoms with E-state index in [4.69, 9.17) is 10.8 Å². The summed E-state index contributed by atoms with van der Waals surface area (Å²) in [5.41, 5.74) is 4.12. The molecule has 0 aromatic rings. The minimum Gasteiger partial charge on any atom is -0.480 e. The zero-order valence-corrected chi connectivity index (χ0v) is 10.9. The molecule has 0 amide bonds.